The molecule has 0 spiro atoms. The molecule has 19 heavy (non-hydrogen) atoms. The summed E-state index contributed by atoms with van der Waals surface area (Å²) in [6, 6.07) is -0.138. The Bertz CT molecular complexity index is 437. The van der Waals surface area contributed by atoms with Crippen LogP contribution in [0.4, 0.5) is 0 Å². The highest BCUT2D eigenvalue weighted by molar-refractivity contribution is 5.85. The highest BCUT2D eigenvalue weighted by Gasteiger charge is 2.30. The third-order valence-electron chi connectivity index (χ3n) is 4.62. The van der Waals surface area contributed by atoms with Crippen LogP contribution in [0.2, 0.25) is 0 Å². The van der Waals surface area contributed by atoms with Crippen LogP contribution in [0.3, 0.4) is 0 Å². The number of benzene rings is 1. The van der Waals surface area contributed by atoms with Gasteiger partial charge in [0.1, 0.15) is 0 Å². The molecule has 0 radical (unpaired) electrons. The Morgan fingerprint density at radius 2 is 1.21 bits per heavy atom. The van der Waals surface area contributed by atoms with Gasteiger partial charge < -0.3 is 10.8 Å². The van der Waals surface area contributed by atoms with E-state index in [0.29, 0.717) is 0 Å². The highest BCUT2D eigenvalue weighted by Crippen LogP contribution is 2.37. The summed E-state index contributed by atoms with van der Waals surface area (Å²) in [6.07, 6.45) is 0. The van der Waals surface area contributed by atoms with E-state index < -0.39 is 0 Å². The topological polar surface area (TPSA) is 46.2 Å². The number of aliphatic hydroxyl groups is 1. The number of hydrogen-bond acceptors (Lipinski definition) is 2. The maximum atomic E-state index is 9.52. The number of hydrogen-bond donors (Lipinski definition) is 2. The van der Waals surface area contributed by atoms with Crippen LogP contribution < -0.4 is 5.73 Å². The zero-order valence-corrected chi connectivity index (χ0v) is 14.0. The molecule has 0 heterocycles. The molecule has 0 saturated carbocycles. The summed E-state index contributed by atoms with van der Waals surface area (Å²) in [5.41, 5.74) is 13.8. The average Bonchev–Trinajstić information content (AvgIpc) is 2.34. The van der Waals surface area contributed by atoms with Crippen LogP contribution in [-0.2, 0) is 0 Å². The van der Waals surface area contributed by atoms with Crippen molar-refractivity contribution in [2.75, 3.05) is 6.61 Å². The molecular formula is C16H28ClNO. The fraction of sp³-hybridized carbons (Fsp3) is 0.625. The number of rotatable bonds is 3. The van der Waals surface area contributed by atoms with Gasteiger partial charge in [-0.15, -0.1) is 12.4 Å². The maximum absolute atomic E-state index is 9.52. The van der Waals surface area contributed by atoms with Crippen LogP contribution in [0.25, 0.3) is 0 Å². The molecule has 1 rings (SSSR count). The van der Waals surface area contributed by atoms with Gasteiger partial charge in [-0.05, 0) is 68.0 Å². The van der Waals surface area contributed by atoms with E-state index in [0.717, 1.165) is 0 Å². The Morgan fingerprint density at radius 1 is 0.895 bits per heavy atom. The number of halogens is 1. The molecule has 0 fully saturated rings. The number of aliphatic hydroxyl groups excluding tert-OH is 1. The molecule has 0 aliphatic rings. The van der Waals surface area contributed by atoms with Crippen molar-refractivity contribution in [3.8, 4) is 0 Å². The van der Waals surface area contributed by atoms with Crippen LogP contribution in [0.5, 0.6) is 0 Å². The second-order valence-electron chi connectivity index (χ2n) is 6.16. The summed E-state index contributed by atoms with van der Waals surface area (Å²) >= 11 is 0. The second-order valence-corrected chi connectivity index (χ2v) is 6.16. The third-order valence-corrected chi connectivity index (χ3v) is 4.62. The van der Waals surface area contributed by atoms with E-state index in [9.17, 15) is 5.11 Å². The normalized spacial score (nSPS) is 13.1. The molecule has 1 aromatic carbocycles. The molecule has 0 aliphatic carbocycles. The molecule has 0 saturated heterocycles. The Labute approximate surface area is 123 Å². The molecule has 1 atom stereocenters. The fourth-order valence-electron chi connectivity index (χ4n) is 2.48. The first-order valence-corrected chi connectivity index (χ1v) is 6.58. The Kier molecular flexibility index (Phi) is 6.07. The first-order valence-electron chi connectivity index (χ1n) is 6.58. The van der Waals surface area contributed by atoms with Crippen LogP contribution >= 0.6 is 12.4 Å². The molecule has 0 amide bonds. The van der Waals surface area contributed by atoms with E-state index in [1.54, 1.807) is 0 Å². The minimum atomic E-state index is -0.302. The molecule has 110 valence electrons. The van der Waals surface area contributed by atoms with Gasteiger partial charge in [-0.25, -0.2) is 0 Å². The molecule has 0 aliphatic heterocycles. The third kappa shape index (κ3) is 3.13. The molecule has 0 aromatic heterocycles. The van der Waals surface area contributed by atoms with Gasteiger partial charge in [0, 0.05) is 18.1 Å². The lowest BCUT2D eigenvalue weighted by Crippen LogP contribution is -2.34. The lowest BCUT2D eigenvalue weighted by atomic mass is 9.76. The zero-order chi connectivity index (χ0) is 14.2. The predicted molar refractivity (Wildman–Crippen MR) is 85.2 cm³/mol. The van der Waals surface area contributed by atoms with Gasteiger partial charge in [0.25, 0.3) is 0 Å². The van der Waals surface area contributed by atoms with E-state index in [4.69, 9.17) is 5.73 Å². The van der Waals surface area contributed by atoms with Gasteiger partial charge in [0.15, 0.2) is 0 Å². The second kappa shape index (κ2) is 6.25. The molecule has 3 N–H and O–H groups in total. The van der Waals surface area contributed by atoms with E-state index >= 15 is 0 Å². The SMILES string of the molecule is Cc1c(C)c(C)c([C@@H](N)C(C)(C)CO)c(C)c1C.Cl. The largest absolute Gasteiger partial charge is 0.396 e. The van der Waals surface area contributed by atoms with Crippen molar-refractivity contribution < 1.29 is 5.11 Å². The van der Waals surface area contributed by atoms with E-state index in [1.165, 1.54) is 33.4 Å². The van der Waals surface area contributed by atoms with Crippen LogP contribution in [-0.4, -0.2) is 11.7 Å². The quantitative estimate of drug-likeness (QED) is 0.890. The van der Waals surface area contributed by atoms with Crippen molar-refractivity contribution in [2.24, 2.45) is 11.1 Å². The molecule has 3 heteroatoms. The van der Waals surface area contributed by atoms with Gasteiger partial charge in [0.2, 0.25) is 0 Å². The predicted octanol–water partition coefficient (Wildman–Crippen LogP) is 3.67. The molecule has 1 aromatic rings. The van der Waals surface area contributed by atoms with Gasteiger partial charge in [-0.3, -0.25) is 0 Å². The standard InChI is InChI=1S/C16H27NO.ClH/c1-9-10(2)12(4)14(13(5)11(9)3)15(17)16(6,7)8-18;/h15,18H,8,17H2,1-7H3;1H/t15-;/m1./s1. The van der Waals surface area contributed by atoms with E-state index in [1.807, 2.05) is 13.8 Å². The zero-order valence-electron chi connectivity index (χ0n) is 13.2. The van der Waals surface area contributed by atoms with Gasteiger partial charge in [-0.2, -0.15) is 0 Å². The summed E-state index contributed by atoms with van der Waals surface area (Å²) in [5, 5.41) is 9.52. The molecule has 0 unspecified atom stereocenters. The lowest BCUT2D eigenvalue weighted by Gasteiger charge is -2.33. The van der Waals surface area contributed by atoms with Gasteiger partial charge in [0.05, 0.1) is 0 Å². The monoisotopic (exact) mass is 285 g/mol. The van der Waals surface area contributed by atoms with Crippen molar-refractivity contribution in [3.05, 3.63) is 33.4 Å². The Morgan fingerprint density at radius 3 is 1.53 bits per heavy atom. The molecule has 2 nitrogen and oxygen atoms in total. The van der Waals surface area contributed by atoms with Crippen molar-refractivity contribution in [3.63, 3.8) is 0 Å². The van der Waals surface area contributed by atoms with Crippen molar-refractivity contribution in [2.45, 2.75) is 54.5 Å². The Balaban J connectivity index is 0.00000324. The van der Waals surface area contributed by atoms with E-state index in [-0.39, 0.29) is 30.5 Å². The van der Waals surface area contributed by atoms with Crippen LogP contribution in [0.1, 0.15) is 53.3 Å². The summed E-state index contributed by atoms with van der Waals surface area (Å²) in [7, 11) is 0. The van der Waals surface area contributed by atoms with Crippen molar-refractivity contribution >= 4 is 12.4 Å². The van der Waals surface area contributed by atoms with Crippen LogP contribution in [0.15, 0.2) is 0 Å². The molecular weight excluding hydrogens is 258 g/mol. The summed E-state index contributed by atoms with van der Waals surface area (Å²) in [4.78, 5) is 0. The minimum absolute atomic E-state index is 0. The summed E-state index contributed by atoms with van der Waals surface area (Å²) < 4.78 is 0. The Hall–Kier alpha value is -0.570. The lowest BCUT2D eigenvalue weighted by molar-refractivity contribution is 0.131. The van der Waals surface area contributed by atoms with E-state index in [2.05, 4.69) is 34.6 Å². The highest BCUT2D eigenvalue weighted by atomic mass is 35.5. The number of nitrogens with two attached hydrogens (primary N) is 1. The summed E-state index contributed by atoms with van der Waals surface area (Å²) in [5.74, 6) is 0. The smallest absolute Gasteiger partial charge is 0.0500 e. The van der Waals surface area contributed by atoms with Crippen LogP contribution in [0, 0.1) is 40.0 Å². The average molecular weight is 286 g/mol. The van der Waals surface area contributed by atoms with Crippen molar-refractivity contribution in [1.82, 2.24) is 0 Å². The first kappa shape index (κ1) is 18.4. The minimum Gasteiger partial charge on any atom is -0.396 e. The fourth-order valence-corrected chi connectivity index (χ4v) is 2.48. The first-order chi connectivity index (χ1) is 8.15. The van der Waals surface area contributed by atoms with Crippen molar-refractivity contribution in [1.29, 1.82) is 0 Å². The summed E-state index contributed by atoms with van der Waals surface area (Å²) in [6.45, 7) is 14.9. The molecule has 0 bridgehead atoms. The maximum Gasteiger partial charge on any atom is 0.0500 e. The van der Waals surface area contributed by atoms with Gasteiger partial charge >= 0.3 is 0 Å². The van der Waals surface area contributed by atoms with Gasteiger partial charge in [-0.1, -0.05) is 13.8 Å².